The standard InChI is InChI=1S/C37H64O8/c1-3-5-7-8-9-10-11-12-13-14-19-23-36(42)44-28-31(39)29-45-37(43)24-20-16-15-18-22-32-33(35(41)27-34(32)40)26-25-30(38)21-17-6-4-2/h15,18,25-26,30-34,38-40H,3-14,16-17,19-24,27-29H2,1-2H3/b18-15-,26-25+/t30-,31-,32+,33+,34-/m0/s1. The molecule has 0 radical (unpaired) electrons. The summed E-state index contributed by atoms with van der Waals surface area (Å²) in [5, 5.41) is 30.5. The quantitative estimate of drug-likeness (QED) is 0.0463. The molecule has 8 heteroatoms. The molecule has 0 aromatic heterocycles. The molecular formula is C37H64O8. The third kappa shape index (κ3) is 21.4. The van der Waals surface area contributed by atoms with Gasteiger partial charge in [0.15, 0.2) is 0 Å². The van der Waals surface area contributed by atoms with Crippen molar-refractivity contribution in [3.05, 3.63) is 24.3 Å². The second-order valence-electron chi connectivity index (χ2n) is 12.8. The number of rotatable bonds is 28. The van der Waals surface area contributed by atoms with Crippen molar-refractivity contribution in [3.63, 3.8) is 0 Å². The van der Waals surface area contributed by atoms with Crippen LogP contribution in [-0.4, -0.2) is 64.6 Å². The normalized spacial score (nSPS) is 19.8. The Morgan fingerprint density at radius 2 is 1.31 bits per heavy atom. The van der Waals surface area contributed by atoms with Gasteiger partial charge < -0.3 is 24.8 Å². The predicted octanol–water partition coefficient (Wildman–Crippen LogP) is 7.31. The lowest BCUT2D eigenvalue weighted by atomic mass is 9.90. The number of ether oxygens (including phenoxy) is 2. The van der Waals surface area contributed by atoms with E-state index in [0.717, 1.165) is 38.5 Å². The van der Waals surface area contributed by atoms with Gasteiger partial charge in [-0.1, -0.05) is 122 Å². The summed E-state index contributed by atoms with van der Waals surface area (Å²) >= 11 is 0. The number of ketones is 1. The van der Waals surface area contributed by atoms with E-state index in [1.54, 1.807) is 12.2 Å². The lowest BCUT2D eigenvalue weighted by Gasteiger charge is -2.17. The van der Waals surface area contributed by atoms with E-state index in [1.807, 2.05) is 12.2 Å². The van der Waals surface area contributed by atoms with Gasteiger partial charge in [-0.05, 0) is 32.1 Å². The highest BCUT2D eigenvalue weighted by molar-refractivity contribution is 5.86. The average Bonchev–Trinajstić information content (AvgIpc) is 3.29. The summed E-state index contributed by atoms with van der Waals surface area (Å²) in [6.45, 7) is 3.95. The van der Waals surface area contributed by atoms with Gasteiger partial charge in [-0.3, -0.25) is 14.4 Å². The highest BCUT2D eigenvalue weighted by atomic mass is 16.6. The van der Waals surface area contributed by atoms with Crippen molar-refractivity contribution < 1.29 is 39.2 Å². The number of esters is 2. The van der Waals surface area contributed by atoms with E-state index in [1.165, 1.54) is 51.4 Å². The maximum atomic E-state index is 12.4. The molecule has 0 bridgehead atoms. The van der Waals surface area contributed by atoms with Crippen LogP contribution in [0.25, 0.3) is 0 Å². The van der Waals surface area contributed by atoms with E-state index in [9.17, 15) is 29.7 Å². The van der Waals surface area contributed by atoms with Crippen molar-refractivity contribution in [2.45, 2.75) is 167 Å². The van der Waals surface area contributed by atoms with Crippen molar-refractivity contribution >= 4 is 17.7 Å². The van der Waals surface area contributed by atoms with Crippen LogP contribution in [0.4, 0.5) is 0 Å². The largest absolute Gasteiger partial charge is 0.463 e. The number of Topliss-reactive ketones (excluding diaryl/α,β-unsaturated/α-hetero) is 1. The predicted molar refractivity (Wildman–Crippen MR) is 179 cm³/mol. The van der Waals surface area contributed by atoms with Gasteiger partial charge in [0.1, 0.15) is 25.1 Å². The summed E-state index contributed by atoms with van der Waals surface area (Å²) in [4.78, 5) is 36.3. The zero-order chi connectivity index (χ0) is 33.1. The maximum absolute atomic E-state index is 12.4. The highest BCUT2D eigenvalue weighted by Crippen LogP contribution is 2.33. The second kappa shape index (κ2) is 27.1. The van der Waals surface area contributed by atoms with Crippen molar-refractivity contribution in [1.82, 2.24) is 0 Å². The summed E-state index contributed by atoms with van der Waals surface area (Å²) < 4.78 is 10.2. The number of carbonyl (C=O) groups excluding carboxylic acids is 3. The Morgan fingerprint density at radius 3 is 1.91 bits per heavy atom. The van der Waals surface area contributed by atoms with Gasteiger partial charge in [0.2, 0.25) is 0 Å². The first kappa shape index (κ1) is 41.0. The Morgan fingerprint density at radius 1 is 0.778 bits per heavy atom. The molecule has 0 aromatic rings. The summed E-state index contributed by atoms with van der Waals surface area (Å²) in [5.41, 5.74) is 0. The van der Waals surface area contributed by atoms with E-state index in [4.69, 9.17) is 9.47 Å². The zero-order valence-electron chi connectivity index (χ0n) is 28.3. The van der Waals surface area contributed by atoms with Crippen molar-refractivity contribution in [2.75, 3.05) is 13.2 Å². The molecule has 0 spiro atoms. The third-order valence-electron chi connectivity index (χ3n) is 8.57. The first-order valence-electron chi connectivity index (χ1n) is 18.0. The SMILES string of the molecule is CCCCCCCCCCCCCC(=O)OC[C@H](O)COC(=O)CCC/C=C\C[C@H]1[C@@H](O)CC(=O)[C@@H]1/C=C/[C@@H](O)CCCCC. The van der Waals surface area contributed by atoms with Gasteiger partial charge in [-0.25, -0.2) is 0 Å². The van der Waals surface area contributed by atoms with E-state index < -0.39 is 30.2 Å². The van der Waals surface area contributed by atoms with E-state index >= 15 is 0 Å². The van der Waals surface area contributed by atoms with Crippen molar-refractivity contribution in [2.24, 2.45) is 11.8 Å². The number of aliphatic hydroxyl groups excluding tert-OH is 3. The Bertz CT molecular complexity index is 838. The molecule has 0 saturated heterocycles. The summed E-state index contributed by atoms with van der Waals surface area (Å²) in [5.74, 6) is -1.36. The lowest BCUT2D eigenvalue weighted by molar-refractivity contribution is -0.152. The molecule has 1 aliphatic rings. The van der Waals surface area contributed by atoms with E-state index in [0.29, 0.717) is 32.1 Å². The van der Waals surface area contributed by atoms with Gasteiger partial charge in [-0.15, -0.1) is 0 Å². The topological polar surface area (TPSA) is 130 Å². The van der Waals surface area contributed by atoms with Crippen LogP contribution >= 0.6 is 0 Å². The third-order valence-corrected chi connectivity index (χ3v) is 8.57. The molecule has 5 atom stereocenters. The number of allylic oxidation sites excluding steroid dienone is 3. The van der Waals surface area contributed by atoms with E-state index in [2.05, 4.69) is 13.8 Å². The average molecular weight is 637 g/mol. The smallest absolute Gasteiger partial charge is 0.305 e. The van der Waals surface area contributed by atoms with Crippen LogP contribution in [0, 0.1) is 11.8 Å². The molecule has 0 amide bonds. The Labute approximate surface area is 273 Å². The number of aliphatic hydroxyl groups is 3. The van der Waals surface area contributed by atoms with Crippen LogP contribution in [0.1, 0.15) is 149 Å². The van der Waals surface area contributed by atoms with Crippen LogP contribution in [0.15, 0.2) is 24.3 Å². The van der Waals surface area contributed by atoms with Gasteiger partial charge >= 0.3 is 11.9 Å². The fourth-order valence-electron chi connectivity index (χ4n) is 5.71. The van der Waals surface area contributed by atoms with Crippen LogP contribution in [-0.2, 0) is 23.9 Å². The maximum Gasteiger partial charge on any atom is 0.305 e. The first-order chi connectivity index (χ1) is 21.8. The van der Waals surface area contributed by atoms with Crippen LogP contribution in [0.2, 0.25) is 0 Å². The molecule has 8 nitrogen and oxygen atoms in total. The van der Waals surface area contributed by atoms with Gasteiger partial charge in [-0.2, -0.15) is 0 Å². The van der Waals surface area contributed by atoms with Gasteiger partial charge in [0.05, 0.1) is 12.2 Å². The Balaban J connectivity index is 2.10. The first-order valence-corrected chi connectivity index (χ1v) is 18.0. The molecule has 1 aliphatic carbocycles. The highest BCUT2D eigenvalue weighted by Gasteiger charge is 2.39. The molecular weight excluding hydrogens is 572 g/mol. The summed E-state index contributed by atoms with van der Waals surface area (Å²) in [7, 11) is 0. The summed E-state index contributed by atoms with van der Waals surface area (Å²) in [6, 6.07) is 0. The molecule has 1 saturated carbocycles. The number of hydrogen-bond donors (Lipinski definition) is 3. The molecule has 1 rings (SSSR count). The molecule has 0 aliphatic heterocycles. The second-order valence-corrected chi connectivity index (χ2v) is 12.8. The van der Waals surface area contributed by atoms with E-state index in [-0.39, 0.29) is 43.7 Å². The zero-order valence-corrected chi connectivity index (χ0v) is 28.3. The number of unbranched alkanes of at least 4 members (excludes halogenated alkanes) is 13. The molecule has 0 unspecified atom stereocenters. The van der Waals surface area contributed by atoms with Gasteiger partial charge in [0.25, 0.3) is 0 Å². The van der Waals surface area contributed by atoms with Crippen molar-refractivity contribution in [3.8, 4) is 0 Å². The molecule has 1 fully saturated rings. The monoisotopic (exact) mass is 636 g/mol. The van der Waals surface area contributed by atoms with Gasteiger partial charge in [0, 0.05) is 31.1 Å². The minimum absolute atomic E-state index is 0.00181. The minimum atomic E-state index is -1.05. The molecule has 0 aromatic carbocycles. The van der Waals surface area contributed by atoms with Crippen LogP contribution < -0.4 is 0 Å². The fourth-order valence-corrected chi connectivity index (χ4v) is 5.71. The molecule has 260 valence electrons. The number of hydrogen-bond acceptors (Lipinski definition) is 8. The fraction of sp³-hybridized carbons (Fsp3) is 0.811. The lowest BCUT2D eigenvalue weighted by Crippen LogP contribution is -2.25. The summed E-state index contributed by atoms with van der Waals surface area (Å²) in [6.07, 6.45) is 24.5. The van der Waals surface area contributed by atoms with Crippen molar-refractivity contribution in [1.29, 1.82) is 0 Å². The van der Waals surface area contributed by atoms with Crippen LogP contribution in [0.3, 0.4) is 0 Å². The molecule has 0 heterocycles. The number of carbonyl (C=O) groups is 3. The minimum Gasteiger partial charge on any atom is -0.463 e. The van der Waals surface area contributed by atoms with Crippen LogP contribution in [0.5, 0.6) is 0 Å². The Hall–Kier alpha value is -2.03. The molecule has 3 N–H and O–H groups in total. The Kier molecular flexibility index (Phi) is 24.7. The molecule has 45 heavy (non-hydrogen) atoms.